The second-order valence-electron chi connectivity index (χ2n) is 3.55. The predicted molar refractivity (Wildman–Crippen MR) is 88.2 cm³/mol. The van der Waals surface area contributed by atoms with E-state index in [4.69, 9.17) is 35.4 Å². The third-order valence-electron chi connectivity index (χ3n) is 2.19. The Labute approximate surface area is 134 Å². The van der Waals surface area contributed by atoms with Gasteiger partial charge in [0.2, 0.25) is 0 Å². The highest BCUT2D eigenvalue weighted by Gasteiger charge is 2.05. The highest BCUT2D eigenvalue weighted by Crippen LogP contribution is 2.26. The van der Waals surface area contributed by atoms with Crippen molar-refractivity contribution >= 4 is 67.8 Å². The quantitative estimate of drug-likeness (QED) is 0.573. The van der Waals surface area contributed by atoms with Gasteiger partial charge in [-0.2, -0.15) is 0 Å². The molecule has 1 aromatic heterocycles. The van der Waals surface area contributed by atoms with Crippen LogP contribution in [0.15, 0.2) is 41.0 Å². The molecule has 0 saturated carbocycles. The third kappa shape index (κ3) is 4.04. The maximum atomic E-state index is 6.09. The monoisotopic (exact) mass is 375 g/mol. The average molecular weight is 377 g/mol. The Morgan fingerprint density at radius 3 is 2.58 bits per heavy atom. The normalized spacial score (nSPS) is 10.1. The van der Waals surface area contributed by atoms with Crippen LogP contribution in [0, 0.1) is 0 Å². The maximum absolute atomic E-state index is 6.09. The molecule has 1 aromatic carbocycles. The molecule has 2 rings (SSSR count). The summed E-state index contributed by atoms with van der Waals surface area (Å²) in [6.07, 6.45) is 1.61. The van der Waals surface area contributed by atoms with Crippen LogP contribution in [-0.2, 0) is 0 Å². The molecule has 0 amide bonds. The van der Waals surface area contributed by atoms with E-state index in [9.17, 15) is 0 Å². The van der Waals surface area contributed by atoms with Crippen molar-refractivity contribution < 1.29 is 0 Å². The van der Waals surface area contributed by atoms with Gasteiger partial charge in [0, 0.05) is 10.7 Å². The van der Waals surface area contributed by atoms with Gasteiger partial charge in [-0.1, -0.05) is 39.1 Å². The van der Waals surface area contributed by atoms with Gasteiger partial charge in [-0.15, -0.1) is 0 Å². The number of nitrogens with one attached hydrogen (secondary N) is 2. The molecule has 7 heteroatoms. The van der Waals surface area contributed by atoms with Crippen LogP contribution in [0.4, 0.5) is 11.4 Å². The van der Waals surface area contributed by atoms with Crippen LogP contribution in [0.2, 0.25) is 10.2 Å². The Morgan fingerprint density at radius 2 is 1.89 bits per heavy atom. The van der Waals surface area contributed by atoms with E-state index in [0.29, 0.717) is 26.7 Å². The lowest BCUT2D eigenvalue weighted by atomic mass is 10.3. The van der Waals surface area contributed by atoms with Gasteiger partial charge in [-0.25, -0.2) is 4.98 Å². The van der Waals surface area contributed by atoms with Crippen LogP contribution in [0.3, 0.4) is 0 Å². The summed E-state index contributed by atoms with van der Waals surface area (Å²) in [7, 11) is 0. The van der Waals surface area contributed by atoms with Crippen LogP contribution >= 0.6 is 51.3 Å². The van der Waals surface area contributed by atoms with Gasteiger partial charge in [0.1, 0.15) is 0 Å². The molecule has 0 atom stereocenters. The zero-order valence-corrected chi connectivity index (χ0v) is 13.4. The van der Waals surface area contributed by atoms with Gasteiger partial charge in [0.15, 0.2) is 10.3 Å². The standard InChI is InChI=1S/C12H8BrCl2N3S/c13-7-3-4-9(8(14)6-7)17-12(19)18-10-2-1-5-16-11(10)15/h1-6H,(H2,17,18,19). The van der Waals surface area contributed by atoms with E-state index >= 15 is 0 Å². The number of hydrogen-bond acceptors (Lipinski definition) is 2. The van der Waals surface area contributed by atoms with E-state index in [-0.39, 0.29) is 0 Å². The highest BCUT2D eigenvalue weighted by molar-refractivity contribution is 9.10. The number of halogens is 3. The van der Waals surface area contributed by atoms with E-state index in [2.05, 4.69) is 31.5 Å². The Hall–Kier alpha value is -0.880. The first-order valence-corrected chi connectivity index (χ1v) is 7.15. The van der Waals surface area contributed by atoms with Gasteiger partial charge < -0.3 is 10.6 Å². The number of thiocarbonyl (C=S) groups is 1. The number of hydrogen-bond donors (Lipinski definition) is 2. The van der Waals surface area contributed by atoms with Gasteiger partial charge in [-0.05, 0) is 42.5 Å². The molecular weight excluding hydrogens is 369 g/mol. The summed E-state index contributed by atoms with van der Waals surface area (Å²) in [6, 6.07) is 9.03. The molecule has 0 aliphatic rings. The minimum atomic E-state index is 0.355. The molecule has 2 aromatic rings. The fourth-order valence-electron chi connectivity index (χ4n) is 1.35. The molecule has 0 aliphatic heterocycles. The largest absolute Gasteiger partial charge is 0.331 e. The summed E-state index contributed by atoms with van der Waals surface area (Å²) in [5, 5.41) is 7.26. The van der Waals surface area contributed by atoms with Gasteiger partial charge in [0.25, 0.3) is 0 Å². The number of rotatable bonds is 2. The SMILES string of the molecule is S=C(Nc1ccc(Br)cc1Cl)Nc1cccnc1Cl. The maximum Gasteiger partial charge on any atom is 0.175 e. The molecule has 0 aliphatic carbocycles. The van der Waals surface area contributed by atoms with Crippen LogP contribution in [0.1, 0.15) is 0 Å². The number of anilines is 2. The Bertz CT molecular complexity index is 622. The Balaban J connectivity index is 2.08. The van der Waals surface area contributed by atoms with Crippen LogP contribution < -0.4 is 10.6 Å². The molecule has 2 N–H and O–H groups in total. The Kier molecular flexibility index (Phi) is 4.99. The molecule has 0 unspecified atom stereocenters. The number of pyridine rings is 1. The predicted octanol–water partition coefficient (Wildman–Crippen LogP) is 4.96. The van der Waals surface area contributed by atoms with Crippen LogP contribution in [0.5, 0.6) is 0 Å². The Morgan fingerprint density at radius 1 is 1.16 bits per heavy atom. The van der Waals surface area contributed by atoms with E-state index in [1.54, 1.807) is 24.4 Å². The third-order valence-corrected chi connectivity index (χ3v) is 3.50. The molecule has 0 fully saturated rings. The fraction of sp³-hybridized carbons (Fsp3) is 0. The van der Waals surface area contributed by atoms with Gasteiger partial charge >= 0.3 is 0 Å². The molecule has 0 saturated heterocycles. The summed E-state index contributed by atoms with van der Waals surface area (Å²) in [4.78, 5) is 3.95. The van der Waals surface area contributed by atoms with Crippen molar-refractivity contribution in [2.24, 2.45) is 0 Å². The molecule has 0 spiro atoms. The van der Waals surface area contributed by atoms with Crippen molar-refractivity contribution in [3.05, 3.63) is 51.2 Å². The van der Waals surface area contributed by atoms with E-state index in [0.717, 1.165) is 4.47 Å². The van der Waals surface area contributed by atoms with Crippen molar-refractivity contribution in [1.29, 1.82) is 0 Å². The first-order valence-electron chi connectivity index (χ1n) is 5.20. The number of aromatic nitrogens is 1. The van der Waals surface area contributed by atoms with Crippen molar-refractivity contribution in [3.63, 3.8) is 0 Å². The lowest BCUT2D eigenvalue weighted by molar-refractivity contribution is 1.33. The van der Waals surface area contributed by atoms with Crippen LogP contribution in [-0.4, -0.2) is 10.1 Å². The lowest BCUT2D eigenvalue weighted by Gasteiger charge is -2.12. The van der Waals surface area contributed by atoms with E-state index < -0.39 is 0 Å². The zero-order valence-electron chi connectivity index (χ0n) is 9.45. The summed E-state index contributed by atoms with van der Waals surface area (Å²) in [6.45, 7) is 0. The summed E-state index contributed by atoms with van der Waals surface area (Å²) >= 11 is 20.6. The second-order valence-corrected chi connectivity index (χ2v) is 5.63. The fourth-order valence-corrected chi connectivity index (χ4v) is 2.45. The van der Waals surface area contributed by atoms with Crippen molar-refractivity contribution in [2.75, 3.05) is 10.6 Å². The molecule has 3 nitrogen and oxygen atoms in total. The van der Waals surface area contributed by atoms with Gasteiger partial charge in [-0.3, -0.25) is 0 Å². The first-order chi connectivity index (χ1) is 9.06. The van der Waals surface area contributed by atoms with Crippen LogP contribution in [0.25, 0.3) is 0 Å². The summed E-state index contributed by atoms with van der Waals surface area (Å²) in [5.41, 5.74) is 1.34. The zero-order chi connectivity index (χ0) is 13.8. The topological polar surface area (TPSA) is 37.0 Å². The molecule has 19 heavy (non-hydrogen) atoms. The van der Waals surface area contributed by atoms with E-state index in [1.807, 2.05) is 12.1 Å². The minimum Gasteiger partial charge on any atom is -0.331 e. The molecule has 0 radical (unpaired) electrons. The molecule has 98 valence electrons. The lowest BCUT2D eigenvalue weighted by Crippen LogP contribution is -2.19. The average Bonchev–Trinajstić information content (AvgIpc) is 2.36. The number of benzene rings is 1. The van der Waals surface area contributed by atoms with Crippen molar-refractivity contribution in [3.8, 4) is 0 Å². The summed E-state index contributed by atoms with van der Waals surface area (Å²) < 4.78 is 0.900. The first kappa shape index (κ1) is 14.5. The van der Waals surface area contributed by atoms with Gasteiger partial charge in [0.05, 0.1) is 16.4 Å². The minimum absolute atomic E-state index is 0.355. The van der Waals surface area contributed by atoms with Crippen molar-refractivity contribution in [1.82, 2.24) is 4.98 Å². The second kappa shape index (κ2) is 6.52. The summed E-state index contributed by atoms with van der Waals surface area (Å²) in [5.74, 6) is 0. The highest BCUT2D eigenvalue weighted by atomic mass is 79.9. The molecular formula is C12H8BrCl2N3S. The van der Waals surface area contributed by atoms with Crippen molar-refractivity contribution in [2.45, 2.75) is 0 Å². The molecule has 0 bridgehead atoms. The number of nitrogens with zero attached hydrogens (tertiary/aromatic N) is 1. The smallest absolute Gasteiger partial charge is 0.175 e. The van der Waals surface area contributed by atoms with E-state index in [1.165, 1.54) is 0 Å². The molecule has 1 heterocycles.